The van der Waals surface area contributed by atoms with Crippen molar-refractivity contribution in [1.82, 2.24) is 5.32 Å². The average Bonchev–Trinajstić information content (AvgIpc) is 2.55. The van der Waals surface area contributed by atoms with E-state index in [1.807, 2.05) is 17.8 Å². The zero-order valence-corrected chi connectivity index (χ0v) is 12.5. The molecular weight excluding hydrogens is 278 g/mol. The van der Waals surface area contributed by atoms with E-state index in [2.05, 4.69) is 53.8 Å². The predicted octanol–water partition coefficient (Wildman–Crippen LogP) is 3.75. The molecule has 0 radical (unpaired) electrons. The van der Waals surface area contributed by atoms with Crippen LogP contribution < -0.4 is 5.32 Å². The van der Waals surface area contributed by atoms with E-state index >= 15 is 0 Å². The molecule has 2 nitrogen and oxygen atoms in total. The smallest absolute Gasteiger partial charge is 0.221 e. The van der Waals surface area contributed by atoms with Crippen LogP contribution >= 0.6 is 11.8 Å². The van der Waals surface area contributed by atoms with E-state index in [1.54, 1.807) is 0 Å². The van der Waals surface area contributed by atoms with Crippen molar-refractivity contribution in [2.75, 3.05) is 5.75 Å². The van der Waals surface area contributed by atoms with Crippen LogP contribution in [0.3, 0.4) is 0 Å². The van der Waals surface area contributed by atoms with Crippen LogP contribution in [0.15, 0.2) is 59.5 Å². The summed E-state index contributed by atoms with van der Waals surface area (Å²) in [5, 5.41) is 3.21. The van der Waals surface area contributed by atoms with E-state index in [1.165, 1.54) is 16.0 Å². The van der Waals surface area contributed by atoms with Gasteiger partial charge in [-0.3, -0.25) is 4.79 Å². The fourth-order valence-corrected chi connectivity index (χ4v) is 4.93. The largest absolute Gasteiger partial charge is 0.349 e. The molecule has 106 valence electrons. The molecule has 1 fully saturated rings. The molecule has 2 heterocycles. The molecule has 2 aliphatic heterocycles. The Balaban J connectivity index is 1.75. The first-order valence-corrected chi connectivity index (χ1v) is 8.37. The predicted molar refractivity (Wildman–Crippen MR) is 85.3 cm³/mol. The topological polar surface area (TPSA) is 29.1 Å². The Morgan fingerprint density at radius 2 is 1.76 bits per heavy atom. The highest BCUT2D eigenvalue weighted by atomic mass is 32.2. The Labute approximate surface area is 129 Å². The Bertz CT molecular complexity index is 670. The summed E-state index contributed by atoms with van der Waals surface area (Å²) in [6.07, 6.45) is 0.617. The highest BCUT2D eigenvalue weighted by Crippen LogP contribution is 2.49. The van der Waals surface area contributed by atoms with Crippen molar-refractivity contribution in [3.05, 3.63) is 65.7 Å². The minimum absolute atomic E-state index is 0.137. The molecule has 2 aromatic rings. The summed E-state index contributed by atoms with van der Waals surface area (Å²) < 4.78 is 0. The molecule has 3 heteroatoms. The highest BCUT2D eigenvalue weighted by molar-refractivity contribution is 7.99. The second kappa shape index (κ2) is 5.23. The highest BCUT2D eigenvalue weighted by Gasteiger charge is 2.41. The van der Waals surface area contributed by atoms with Gasteiger partial charge in [-0.15, -0.1) is 11.8 Å². The maximum atomic E-state index is 12.2. The van der Waals surface area contributed by atoms with Crippen molar-refractivity contribution >= 4 is 17.7 Å². The maximum absolute atomic E-state index is 12.2. The number of hydrogen-bond acceptors (Lipinski definition) is 2. The van der Waals surface area contributed by atoms with Crippen LogP contribution in [0.5, 0.6) is 0 Å². The van der Waals surface area contributed by atoms with Crippen LogP contribution in [0, 0.1) is 5.92 Å². The van der Waals surface area contributed by atoms with Crippen molar-refractivity contribution < 1.29 is 4.79 Å². The number of nitrogens with one attached hydrogen (secondary N) is 1. The third-order valence-corrected chi connectivity index (χ3v) is 5.81. The van der Waals surface area contributed by atoms with Gasteiger partial charge in [-0.2, -0.15) is 0 Å². The summed E-state index contributed by atoms with van der Waals surface area (Å²) in [6, 6.07) is 19.1. The number of carbonyl (C=O) groups excluding carboxylic acids is 1. The van der Waals surface area contributed by atoms with Gasteiger partial charge in [0.1, 0.15) is 0 Å². The lowest BCUT2D eigenvalue weighted by Gasteiger charge is -2.42. The second-order valence-electron chi connectivity index (χ2n) is 5.78. The summed E-state index contributed by atoms with van der Waals surface area (Å²) in [5.74, 6) is 2.07. The molecule has 2 aromatic carbocycles. The number of rotatable bonds is 1. The summed E-state index contributed by atoms with van der Waals surface area (Å²) in [6.45, 7) is 0. The minimum atomic E-state index is 0.137. The first-order chi connectivity index (χ1) is 10.3. The van der Waals surface area contributed by atoms with Crippen molar-refractivity contribution in [1.29, 1.82) is 0 Å². The Morgan fingerprint density at radius 3 is 2.62 bits per heavy atom. The van der Waals surface area contributed by atoms with Gasteiger partial charge >= 0.3 is 0 Å². The van der Waals surface area contributed by atoms with Crippen molar-refractivity contribution in [2.24, 2.45) is 5.92 Å². The molecule has 0 saturated carbocycles. The zero-order valence-electron chi connectivity index (χ0n) is 11.7. The lowest BCUT2D eigenvalue weighted by Crippen LogP contribution is -2.44. The number of amides is 1. The first-order valence-electron chi connectivity index (χ1n) is 7.39. The number of hydrogen-bond donors (Lipinski definition) is 1. The van der Waals surface area contributed by atoms with Gasteiger partial charge in [-0.25, -0.2) is 0 Å². The number of piperidine rings is 1. The third-order valence-electron chi connectivity index (χ3n) is 4.58. The summed E-state index contributed by atoms with van der Waals surface area (Å²) in [7, 11) is 0. The van der Waals surface area contributed by atoms with Gasteiger partial charge in [0.25, 0.3) is 0 Å². The number of thioether (sulfide) groups is 1. The van der Waals surface area contributed by atoms with Crippen LogP contribution in [0.25, 0.3) is 0 Å². The molecule has 0 aliphatic carbocycles. The molecule has 1 N–H and O–H groups in total. The van der Waals surface area contributed by atoms with Crippen molar-refractivity contribution in [3.63, 3.8) is 0 Å². The summed E-state index contributed by atoms with van der Waals surface area (Å²) in [4.78, 5) is 13.5. The molecule has 0 spiro atoms. The molecule has 21 heavy (non-hydrogen) atoms. The van der Waals surface area contributed by atoms with Gasteiger partial charge < -0.3 is 5.32 Å². The van der Waals surface area contributed by atoms with Gasteiger partial charge in [0.15, 0.2) is 0 Å². The molecule has 0 unspecified atom stereocenters. The second-order valence-corrected chi connectivity index (χ2v) is 6.84. The molecule has 0 bridgehead atoms. The zero-order chi connectivity index (χ0) is 14.2. The van der Waals surface area contributed by atoms with Crippen LogP contribution in [-0.4, -0.2) is 11.7 Å². The maximum Gasteiger partial charge on any atom is 0.221 e. The van der Waals surface area contributed by atoms with Crippen molar-refractivity contribution in [2.45, 2.75) is 23.3 Å². The van der Waals surface area contributed by atoms with Crippen LogP contribution in [0.4, 0.5) is 0 Å². The molecule has 1 amide bonds. The van der Waals surface area contributed by atoms with Gasteiger partial charge in [0, 0.05) is 23.0 Å². The molecule has 0 aromatic heterocycles. The average molecular weight is 295 g/mol. The number of fused-ring (bicyclic) bond motifs is 3. The van der Waals surface area contributed by atoms with E-state index in [9.17, 15) is 4.79 Å². The molecular formula is C18H17NOS. The monoisotopic (exact) mass is 295 g/mol. The molecule has 3 atom stereocenters. The van der Waals surface area contributed by atoms with E-state index in [-0.39, 0.29) is 11.9 Å². The van der Waals surface area contributed by atoms with Crippen LogP contribution in [0.2, 0.25) is 0 Å². The molecule has 4 rings (SSSR count). The molecule has 1 saturated heterocycles. The quantitative estimate of drug-likeness (QED) is 0.868. The van der Waals surface area contributed by atoms with Crippen molar-refractivity contribution in [3.8, 4) is 0 Å². The Hall–Kier alpha value is -1.74. The fraction of sp³-hybridized carbons (Fsp3) is 0.278. The summed E-state index contributed by atoms with van der Waals surface area (Å²) >= 11 is 1.92. The van der Waals surface area contributed by atoms with E-state index in [0.717, 1.165) is 5.75 Å². The standard InChI is InChI=1S/C18H17NOS/c20-17-10-14-13-8-4-5-9-16(13)21-11-15(14)18(19-17)12-6-2-1-3-7-12/h1-9,14-15,18H,10-11H2,(H,19,20)/t14-,15+,18-/m0/s1. The van der Waals surface area contributed by atoms with Gasteiger partial charge in [-0.1, -0.05) is 48.5 Å². The Morgan fingerprint density at radius 1 is 1.00 bits per heavy atom. The number of benzene rings is 2. The SMILES string of the molecule is O=C1C[C@H]2c3ccccc3SC[C@H]2[C@H](c2ccccc2)N1. The van der Waals surface area contributed by atoms with Gasteiger partial charge in [0.2, 0.25) is 5.91 Å². The van der Waals surface area contributed by atoms with E-state index in [4.69, 9.17) is 0 Å². The molecule has 2 aliphatic rings. The summed E-state index contributed by atoms with van der Waals surface area (Å²) in [5.41, 5.74) is 2.58. The third kappa shape index (κ3) is 2.26. The fourth-order valence-electron chi connectivity index (χ4n) is 3.57. The van der Waals surface area contributed by atoms with E-state index in [0.29, 0.717) is 18.3 Å². The van der Waals surface area contributed by atoms with Crippen LogP contribution in [-0.2, 0) is 4.79 Å². The normalized spacial score (nSPS) is 27.4. The lowest BCUT2D eigenvalue weighted by atomic mass is 9.75. The number of carbonyl (C=O) groups is 1. The van der Waals surface area contributed by atoms with E-state index < -0.39 is 0 Å². The van der Waals surface area contributed by atoms with Gasteiger partial charge in [-0.05, 0) is 23.1 Å². The lowest BCUT2D eigenvalue weighted by molar-refractivity contribution is -0.125. The van der Waals surface area contributed by atoms with Crippen LogP contribution in [0.1, 0.15) is 29.5 Å². The minimum Gasteiger partial charge on any atom is -0.349 e. The first kappa shape index (κ1) is 13.0. The Kier molecular flexibility index (Phi) is 3.23. The van der Waals surface area contributed by atoms with Gasteiger partial charge in [0.05, 0.1) is 6.04 Å².